The molecule has 3 atom stereocenters. The summed E-state index contributed by atoms with van der Waals surface area (Å²) in [6.45, 7) is 0. The van der Waals surface area contributed by atoms with Crippen molar-refractivity contribution in [3.63, 3.8) is 0 Å². The van der Waals surface area contributed by atoms with Gasteiger partial charge in [-0.15, -0.1) is 0 Å². The molecule has 134 valence electrons. The van der Waals surface area contributed by atoms with Gasteiger partial charge in [0, 0.05) is 23.7 Å². The molecule has 4 nitrogen and oxygen atoms in total. The van der Waals surface area contributed by atoms with Gasteiger partial charge in [-0.05, 0) is 41.7 Å². The van der Waals surface area contributed by atoms with Crippen molar-refractivity contribution < 1.29 is 18.1 Å². The predicted octanol–water partition coefficient (Wildman–Crippen LogP) is 5.44. The van der Waals surface area contributed by atoms with Crippen LogP contribution in [0.4, 0.5) is 24.5 Å². The first-order valence-corrected chi connectivity index (χ1v) is 8.23. The summed E-state index contributed by atoms with van der Waals surface area (Å²) in [5.74, 6) is -0.0267. The average Bonchev–Trinajstić information content (AvgIpc) is 3.10. The largest absolute Gasteiger partial charge is 0.416 e. The molecule has 2 aliphatic rings. The van der Waals surface area contributed by atoms with Crippen molar-refractivity contribution in [1.29, 1.82) is 0 Å². The number of benzene rings is 2. The Morgan fingerprint density at radius 2 is 1.85 bits per heavy atom. The third kappa shape index (κ3) is 2.73. The summed E-state index contributed by atoms with van der Waals surface area (Å²) in [5.41, 5.74) is 1.58. The van der Waals surface area contributed by atoms with Gasteiger partial charge in [0.05, 0.1) is 16.5 Å². The first kappa shape index (κ1) is 16.6. The zero-order valence-corrected chi connectivity index (χ0v) is 13.5. The maximum Gasteiger partial charge on any atom is 0.416 e. The highest BCUT2D eigenvalue weighted by atomic mass is 19.4. The molecule has 0 spiro atoms. The third-order valence-corrected chi connectivity index (χ3v) is 5.15. The number of allylic oxidation sites excluding steroid dienone is 2. The van der Waals surface area contributed by atoms with Gasteiger partial charge in [-0.1, -0.05) is 24.3 Å². The van der Waals surface area contributed by atoms with Gasteiger partial charge in [0.15, 0.2) is 0 Å². The second-order valence-corrected chi connectivity index (χ2v) is 6.62. The molecular weight excluding hydrogens is 345 g/mol. The molecule has 4 rings (SSSR count). The molecule has 1 aliphatic carbocycles. The topological polar surface area (TPSA) is 55.2 Å². The van der Waals surface area contributed by atoms with Crippen LogP contribution in [0.2, 0.25) is 0 Å². The molecule has 1 heterocycles. The molecule has 26 heavy (non-hydrogen) atoms. The number of nitro groups is 1. The van der Waals surface area contributed by atoms with Gasteiger partial charge < -0.3 is 5.32 Å². The Morgan fingerprint density at radius 1 is 1.12 bits per heavy atom. The van der Waals surface area contributed by atoms with E-state index in [1.807, 2.05) is 12.2 Å². The minimum Gasteiger partial charge on any atom is -0.378 e. The summed E-state index contributed by atoms with van der Waals surface area (Å²) in [6.07, 6.45) is 0.324. The highest BCUT2D eigenvalue weighted by Gasteiger charge is 2.40. The molecule has 7 heteroatoms. The van der Waals surface area contributed by atoms with Crippen LogP contribution >= 0.6 is 0 Å². The number of nitrogens with one attached hydrogen (secondary N) is 1. The van der Waals surface area contributed by atoms with Gasteiger partial charge in [0.25, 0.3) is 5.69 Å². The van der Waals surface area contributed by atoms with Crippen LogP contribution in [0.5, 0.6) is 0 Å². The van der Waals surface area contributed by atoms with Crippen LogP contribution in [0, 0.1) is 16.0 Å². The minimum absolute atomic E-state index is 0.0147. The van der Waals surface area contributed by atoms with Crippen molar-refractivity contribution in [2.45, 2.75) is 24.6 Å². The van der Waals surface area contributed by atoms with Crippen LogP contribution in [-0.4, -0.2) is 4.92 Å². The normalized spacial score (nSPS) is 23.9. The van der Waals surface area contributed by atoms with Gasteiger partial charge in [-0.25, -0.2) is 0 Å². The molecule has 0 amide bonds. The zero-order valence-electron chi connectivity index (χ0n) is 13.5. The number of nitrogens with zero attached hydrogens (tertiary/aromatic N) is 1. The molecule has 1 N–H and O–H groups in total. The quantitative estimate of drug-likeness (QED) is 0.441. The van der Waals surface area contributed by atoms with E-state index in [1.165, 1.54) is 24.3 Å². The van der Waals surface area contributed by atoms with Crippen molar-refractivity contribution in [2.24, 2.45) is 5.92 Å². The molecule has 1 aliphatic heterocycles. The number of hydrogen-bond donors (Lipinski definition) is 1. The Labute approximate surface area is 147 Å². The predicted molar refractivity (Wildman–Crippen MR) is 90.9 cm³/mol. The van der Waals surface area contributed by atoms with Gasteiger partial charge in [0.2, 0.25) is 0 Å². The molecular formula is C19H15F3N2O2. The monoisotopic (exact) mass is 360 g/mol. The number of alkyl halides is 3. The number of halogens is 3. The van der Waals surface area contributed by atoms with Crippen LogP contribution in [0.3, 0.4) is 0 Å². The lowest BCUT2D eigenvalue weighted by Gasteiger charge is -2.37. The van der Waals surface area contributed by atoms with E-state index in [0.29, 0.717) is 11.3 Å². The van der Waals surface area contributed by atoms with E-state index in [4.69, 9.17) is 0 Å². The SMILES string of the molecule is O=[N+]([O-])c1ccc([C@@H]2Nc3ccc(C(F)(F)F)cc3[C@H]3C=CC[C@@H]32)cc1. The van der Waals surface area contributed by atoms with Crippen molar-refractivity contribution in [3.05, 3.63) is 81.4 Å². The maximum absolute atomic E-state index is 13.1. The van der Waals surface area contributed by atoms with E-state index in [2.05, 4.69) is 5.32 Å². The smallest absolute Gasteiger partial charge is 0.378 e. The Balaban J connectivity index is 1.72. The second kappa shape index (κ2) is 5.86. The standard InChI is InChI=1S/C19H15F3N2O2/c20-19(21,22)12-6-9-17-16(10-12)14-2-1-3-15(14)18(23-17)11-4-7-13(8-5-11)24(25)26/h1-2,4-10,14-15,18,23H,3H2/t14-,15-,18-/m0/s1. The summed E-state index contributed by atoms with van der Waals surface area (Å²) in [4.78, 5) is 10.4. The highest BCUT2D eigenvalue weighted by molar-refractivity contribution is 5.61. The number of anilines is 1. The molecule has 0 fully saturated rings. The van der Waals surface area contributed by atoms with Gasteiger partial charge >= 0.3 is 6.18 Å². The number of rotatable bonds is 2. The van der Waals surface area contributed by atoms with Crippen LogP contribution in [0.25, 0.3) is 0 Å². The lowest BCUT2D eigenvalue weighted by Crippen LogP contribution is -2.29. The first-order chi connectivity index (χ1) is 12.3. The fourth-order valence-corrected chi connectivity index (χ4v) is 3.90. The highest BCUT2D eigenvalue weighted by Crippen LogP contribution is 2.50. The lowest BCUT2D eigenvalue weighted by atomic mass is 9.76. The maximum atomic E-state index is 13.1. The average molecular weight is 360 g/mol. The zero-order chi connectivity index (χ0) is 18.5. The summed E-state index contributed by atoms with van der Waals surface area (Å²) in [6, 6.07) is 9.99. The molecule has 2 aromatic carbocycles. The Morgan fingerprint density at radius 3 is 2.50 bits per heavy atom. The van der Waals surface area contributed by atoms with Crippen molar-refractivity contribution in [3.8, 4) is 0 Å². The fourth-order valence-electron chi connectivity index (χ4n) is 3.90. The summed E-state index contributed by atoms with van der Waals surface area (Å²) in [7, 11) is 0. The summed E-state index contributed by atoms with van der Waals surface area (Å²) >= 11 is 0. The molecule has 0 radical (unpaired) electrons. The van der Waals surface area contributed by atoms with Gasteiger partial charge in [-0.3, -0.25) is 10.1 Å². The van der Waals surface area contributed by atoms with Crippen LogP contribution in [0.15, 0.2) is 54.6 Å². The van der Waals surface area contributed by atoms with E-state index < -0.39 is 16.7 Å². The molecule has 2 aromatic rings. The summed E-state index contributed by atoms with van der Waals surface area (Å²) in [5, 5.41) is 14.2. The van der Waals surface area contributed by atoms with Crippen molar-refractivity contribution >= 4 is 11.4 Å². The third-order valence-electron chi connectivity index (χ3n) is 5.15. The van der Waals surface area contributed by atoms with Crippen LogP contribution in [0.1, 0.15) is 35.1 Å². The van der Waals surface area contributed by atoms with Crippen LogP contribution in [-0.2, 0) is 6.18 Å². The van der Waals surface area contributed by atoms with E-state index in [1.54, 1.807) is 12.1 Å². The Kier molecular flexibility index (Phi) is 3.75. The van der Waals surface area contributed by atoms with E-state index >= 15 is 0 Å². The van der Waals surface area contributed by atoms with E-state index in [-0.39, 0.29) is 23.6 Å². The molecule has 0 unspecified atom stereocenters. The molecule has 0 saturated heterocycles. The first-order valence-electron chi connectivity index (χ1n) is 8.23. The molecule has 0 saturated carbocycles. The number of hydrogen-bond acceptors (Lipinski definition) is 3. The van der Waals surface area contributed by atoms with Crippen LogP contribution < -0.4 is 5.32 Å². The number of nitro benzene ring substituents is 1. The van der Waals surface area contributed by atoms with E-state index in [9.17, 15) is 23.3 Å². The van der Waals surface area contributed by atoms with Crippen molar-refractivity contribution in [1.82, 2.24) is 0 Å². The van der Waals surface area contributed by atoms with Crippen molar-refractivity contribution in [2.75, 3.05) is 5.32 Å². The minimum atomic E-state index is -4.37. The summed E-state index contributed by atoms with van der Waals surface area (Å²) < 4.78 is 39.2. The molecule has 0 bridgehead atoms. The Bertz CT molecular complexity index is 891. The number of non-ortho nitro benzene ring substituents is 1. The van der Waals surface area contributed by atoms with Gasteiger partial charge in [-0.2, -0.15) is 13.2 Å². The van der Waals surface area contributed by atoms with E-state index in [0.717, 1.165) is 18.1 Å². The molecule has 0 aromatic heterocycles. The van der Waals surface area contributed by atoms with Gasteiger partial charge in [0.1, 0.15) is 0 Å². The number of fused-ring (bicyclic) bond motifs is 3. The lowest BCUT2D eigenvalue weighted by molar-refractivity contribution is -0.384. The second-order valence-electron chi connectivity index (χ2n) is 6.62. The Hall–Kier alpha value is -2.83. The fraction of sp³-hybridized carbons (Fsp3) is 0.263.